The molecular weight excluding hydrogens is 523 g/mol. The Bertz CT molecular complexity index is 1510. The van der Waals surface area contributed by atoms with Crippen molar-refractivity contribution in [2.75, 3.05) is 7.05 Å². The average molecular weight is 561 g/mol. The molecular formula is C30H37FN6O2Si. The van der Waals surface area contributed by atoms with E-state index in [1.54, 1.807) is 17.0 Å². The number of H-pyrrole nitrogens is 1. The summed E-state index contributed by atoms with van der Waals surface area (Å²) in [5.41, 5.74) is 6.14. The van der Waals surface area contributed by atoms with Gasteiger partial charge in [-0.15, -0.1) is 5.10 Å². The van der Waals surface area contributed by atoms with Gasteiger partial charge in [-0.25, -0.2) is 9.49 Å². The summed E-state index contributed by atoms with van der Waals surface area (Å²) in [5, 5.41) is 15.5. The van der Waals surface area contributed by atoms with Gasteiger partial charge in [0.1, 0.15) is 17.1 Å². The van der Waals surface area contributed by atoms with Crippen molar-refractivity contribution in [1.82, 2.24) is 30.5 Å². The molecule has 1 amide bonds. The maximum absolute atomic E-state index is 13.7. The second-order valence-electron chi connectivity index (χ2n) is 11.8. The second-order valence-corrected chi connectivity index (χ2v) is 17.2. The Hall–Kier alpha value is -3.66. The van der Waals surface area contributed by atoms with Crippen molar-refractivity contribution < 1.29 is 13.6 Å². The van der Waals surface area contributed by atoms with Gasteiger partial charge in [0.15, 0.2) is 5.82 Å². The average Bonchev–Trinajstić information content (AvgIpc) is 3.52. The van der Waals surface area contributed by atoms with Crippen LogP contribution in [-0.2, 0) is 19.4 Å². The van der Waals surface area contributed by atoms with Crippen molar-refractivity contribution in [3.8, 4) is 5.75 Å². The molecule has 210 valence electrons. The van der Waals surface area contributed by atoms with E-state index in [4.69, 9.17) is 9.41 Å². The van der Waals surface area contributed by atoms with Gasteiger partial charge < -0.3 is 9.33 Å². The lowest BCUT2D eigenvalue weighted by Crippen LogP contribution is -2.51. The van der Waals surface area contributed by atoms with Crippen LogP contribution in [0.2, 0.25) is 16.6 Å². The van der Waals surface area contributed by atoms with Crippen LogP contribution in [0.3, 0.4) is 0 Å². The van der Waals surface area contributed by atoms with Crippen LogP contribution in [0.25, 0.3) is 10.9 Å². The third-order valence-corrected chi connectivity index (χ3v) is 14.3. The first-order valence-corrected chi connectivity index (χ1v) is 16.0. The summed E-state index contributed by atoms with van der Waals surface area (Å²) in [6, 6.07) is 8.66. The summed E-state index contributed by atoms with van der Waals surface area (Å²) in [7, 11) is -0.604. The number of amides is 1. The molecule has 10 heteroatoms. The molecule has 2 aromatic carbocycles. The number of fused-ring (bicyclic) bond motifs is 2. The van der Waals surface area contributed by atoms with Crippen molar-refractivity contribution in [2.24, 2.45) is 0 Å². The van der Waals surface area contributed by atoms with Crippen molar-refractivity contribution >= 4 is 25.1 Å². The van der Waals surface area contributed by atoms with Gasteiger partial charge in [0.05, 0.1) is 5.56 Å². The summed E-state index contributed by atoms with van der Waals surface area (Å²) in [5.74, 6) is 0.899. The number of benzene rings is 2. The van der Waals surface area contributed by atoms with Gasteiger partial charge in [0.25, 0.3) is 14.2 Å². The zero-order valence-corrected chi connectivity index (χ0v) is 25.2. The molecule has 1 aliphatic heterocycles. The predicted octanol–water partition coefficient (Wildman–Crippen LogP) is 6.21. The molecule has 0 bridgehead atoms. The van der Waals surface area contributed by atoms with Crippen LogP contribution in [0, 0.1) is 5.82 Å². The molecule has 1 N–H and O–H groups in total. The van der Waals surface area contributed by atoms with Crippen LogP contribution in [-0.4, -0.2) is 51.8 Å². The number of halogens is 1. The Morgan fingerprint density at radius 2 is 1.70 bits per heavy atom. The van der Waals surface area contributed by atoms with E-state index in [2.05, 4.69) is 68.2 Å². The van der Waals surface area contributed by atoms with E-state index in [1.807, 2.05) is 13.2 Å². The smallest absolute Gasteiger partial charge is 0.258 e. The second kappa shape index (κ2) is 10.7. The summed E-state index contributed by atoms with van der Waals surface area (Å²) in [6.07, 6.45) is 2.87. The topological polar surface area (TPSA) is 96.9 Å². The minimum atomic E-state index is -2.43. The molecule has 3 heterocycles. The van der Waals surface area contributed by atoms with Crippen LogP contribution >= 0.6 is 0 Å². The quantitative estimate of drug-likeness (QED) is 0.245. The summed E-state index contributed by atoms with van der Waals surface area (Å²) in [4.78, 5) is 20.4. The van der Waals surface area contributed by atoms with Gasteiger partial charge in [0.2, 0.25) is 0 Å². The highest BCUT2D eigenvalue weighted by molar-refractivity contribution is 6.78. The van der Waals surface area contributed by atoms with E-state index >= 15 is 0 Å². The largest absolute Gasteiger partial charge is 0.541 e. The van der Waals surface area contributed by atoms with E-state index in [0.717, 1.165) is 27.6 Å². The zero-order valence-electron chi connectivity index (χ0n) is 24.2. The monoisotopic (exact) mass is 560 g/mol. The molecule has 8 nitrogen and oxygen atoms in total. The third kappa shape index (κ3) is 4.78. The van der Waals surface area contributed by atoms with Crippen molar-refractivity contribution in [1.29, 1.82) is 0 Å². The number of aromatic amines is 1. The Morgan fingerprint density at radius 3 is 2.30 bits per heavy atom. The molecule has 0 fully saturated rings. The predicted molar refractivity (Wildman–Crippen MR) is 155 cm³/mol. The van der Waals surface area contributed by atoms with Crippen molar-refractivity contribution in [3.05, 3.63) is 76.0 Å². The molecule has 4 aromatic rings. The molecule has 40 heavy (non-hydrogen) atoms. The molecule has 2 aromatic heterocycles. The van der Waals surface area contributed by atoms with Gasteiger partial charge >= 0.3 is 0 Å². The lowest BCUT2D eigenvalue weighted by Gasteiger charge is -2.42. The molecule has 0 atom stereocenters. The SMILES string of the molecule is CC(C)[Si](Oc1c2c(c(Cc3nnn[nH]3)c3cc(Cc4ccc(F)cc4)cnc13)CN(C)C2=O)(C(C)C)C(C)C. The maximum Gasteiger partial charge on any atom is 0.258 e. The zero-order chi connectivity index (χ0) is 28.8. The van der Waals surface area contributed by atoms with Crippen LogP contribution in [0.4, 0.5) is 4.39 Å². The first-order valence-electron chi connectivity index (χ1n) is 13.9. The number of hydrogen-bond acceptors (Lipinski definition) is 6. The Labute approximate surface area is 235 Å². The first-order chi connectivity index (χ1) is 19.0. The molecule has 0 aliphatic carbocycles. The summed E-state index contributed by atoms with van der Waals surface area (Å²) in [6.45, 7) is 13.9. The first kappa shape index (κ1) is 27.9. The number of rotatable bonds is 9. The number of tetrazole rings is 1. The third-order valence-electron chi connectivity index (χ3n) is 8.37. The van der Waals surface area contributed by atoms with Gasteiger partial charge in [-0.05, 0) is 73.9 Å². The number of nitrogens with one attached hydrogen (secondary N) is 1. The standard InChI is InChI=1S/C30H37FN6O2Si/c1-17(2)40(18(3)4,19(5)6)39-29-27-25(16-37(7)30(27)38)23(14-26-33-35-36-34-26)24-13-21(15-32-28(24)29)12-20-8-10-22(31)11-9-20/h8-11,13,15,17-19H,12,14,16H2,1-7H3,(H,33,34,35,36). The lowest BCUT2D eigenvalue weighted by molar-refractivity contribution is 0.0815. The van der Waals surface area contributed by atoms with Crippen LogP contribution < -0.4 is 4.43 Å². The molecule has 0 unspecified atom stereocenters. The molecule has 0 spiro atoms. The fourth-order valence-electron chi connectivity index (χ4n) is 6.58. The molecule has 0 saturated carbocycles. The number of nitrogens with zero attached hydrogens (tertiary/aromatic N) is 5. The molecule has 0 saturated heterocycles. The van der Waals surface area contributed by atoms with Crippen LogP contribution in [0.15, 0.2) is 36.5 Å². The number of hydrogen-bond donors (Lipinski definition) is 1. The van der Waals surface area contributed by atoms with Gasteiger partial charge in [-0.1, -0.05) is 53.7 Å². The van der Waals surface area contributed by atoms with E-state index in [9.17, 15) is 9.18 Å². The number of carbonyl (C=O) groups excluding carboxylic acids is 1. The number of carbonyl (C=O) groups is 1. The Balaban J connectivity index is 1.77. The number of pyridine rings is 1. The van der Waals surface area contributed by atoms with E-state index < -0.39 is 8.32 Å². The number of aromatic nitrogens is 5. The van der Waals surface area contributed by atoms with Crippen LogP contribution in [0.5, 0.6) is 5.75 Å². The molecule has 5 rings (SSSR count). The Morgan fingerprint density at radius 1 is 1.02 bits per heavy atom. The van der Waals surface area contributed by atoms with Gasteiger partial charge in [-0.2, -0.15) is 0 Å². The van der Waals surface area contributed by atoms with Gasteiger partial charge in [0, 0.05) is 31.6 Å². The highest BCUT2D eigenvalue weighted by Gasteiger charge is 2.49. The fraction of sp³-hybridized carbons (Fsp3) is 0.433. The van der Waals surface area contributed by atoms with E-state index in [0.29, 0.717) is 58.7 Å². The van der Waals surface area contributed by atoms with Gasteiger partial charge in [-0.3, -0.25) is 9.78 Å². The minimum Gasteiger partial charge on any atom is -0.541 e. The van der Waals surface area contributed by atoms with Crippen LogP contribution in [0.1, 0.15) is 80.0 Å². The highest BCUT2D eigenvalue weighted by Crippen LogP contribution is 2.48. The van der Waals surface area contributed by atoms with E-state index in [-0.39, 0.29) is 11.7 Å². The van der Waals surface area contributed by atoms with E-state index in [1.165, 1.54) is 12.1 Å². The van der Waals surface area contributed by atoms with Crippen molar-refractivity contribution in [3.63, 3.8) is 0 Å². The lowest BCUT2D eigenvalue weighted by atomic mass is 9.93. The molecule has 1 aliphatic rings. The minimum absolute atomic E-state index is 0.0554. The summed E-state index contributed by atoms with van der Waals surface area (Å²) >= 11 is 0. The fourth-order valence-corrected chi connectivity index (χ4v) is 11.8. The normalized spacial score (nSPS) is 13.8. The summed E-state index contributed by atoms with van der Waals surface area (Å²) < 4.78 is 20.8. The molecule has 0 radical (unpaired) electrons. The highest BCUT2D eigenvalue weighted by atomic mass is 28.4. The van der Waals surface area contributed by atoms with Crippen molar-refractivity contribution in [2.45, 2.75) is 77.6 Å². The maximum atomic E-state index is 13.7. The Kier molecular flexibility index (Phi) is 7.47.